The summed E-state index contributed by atoms with van der Waals surface area (Å²) in [6.07, 6.45) is 1.01. The highest BCUT2D eigenvalue weighted by Crippen LogP contribution is 2.33. The van der Waals surface area contributed by atoms with Gasteiger partial charge in [0.25, 0.3) is 0 Å². The molecule has 1 aliphatic rings. The number of ether oxygens (including phenoxy) is 2. The van der Waals surface area contributed by atoms with E-state index >= 15 is 0 Å². The Morgan fingerprint density at radius 2 is 2.08 bits per heavy atom. The summed E-state index contributed by atoms with van der Waals surface area (Å²) in [7, 11) is 0. The molecular formula is C19H19Cl2NO3. The van der Waals surface area contributed by atoms with Crippen LogP contribution >= 0.6 is 23.2 Å². The lowest BCUT2D eigenvalue weighted by atomic mass is 10.1. The molecule has 2 aromatic carbocycles. The Bertz CT molecular complexity index is 779. The Hall–Kier alpha value is -1.91. The van der Waals surface area contributed by atoms with Crippen LogP contribution in [-0.2, 0) is 4.79 Å². The third-order valence-electron chi connectivity index (χ3n) is 3.97. The van der Waals surface area contributed by atoms with Crippen LogP contribution in [0.3, 0.4) is 0 Å². The molecule has 0 saturated heterocycles. The molecule has 0 saturated carbocycles. The quantitative estimate of drug-likeness (QED) is 0.694. The zero-order valence-corrected chi connectivity index (χ0v) is 15.4. The van der Waals surface area contributed by atoms with Gasteiger partial charge in [-0.2, -0.15) is 0 Å². The number of halogens is 2. The maximum Gasteiger partial charge on any atom is 0.227 e. The molecule has 25 heavy (non-hydrogen) atoms. The van der Waals surface area contributed by atoms with Gasteiger partial charge in [-0.3, -0.25) is 4.79 Å². The van der Waals surface area contributed by atoms with Gasteiger partial charge in [-0.25, -0.2) is 0 Å². The molecule has 1 amide bonds. The Morgan fingerprint density at radius 3 is 2.88 bits per heavy atom. The topological polar surface area (TPSA) is 38.8 Å². The van der Waals surface area contributed by atoms with E-state index in [2.05, 4.69) is 0 Å². The Labute approximate surface area is 157 Å². The van der Waals surface area contributed by atoms with Crippen LogP contribution in [0.25, 0.3) is 0 Å². The molecule has 0 radical (unpaired) electrons. The van der Waals surface area contributed by atoms with Crippen LogP contribution in [0.4, 0.5) is 5.69 Å². The summed E-state index contributed by atoms with van der Waals surface area (Å²) in [4.78, 5) is 14.4. The first kappa shape index (κ1) is 17.9. The van der Waals surface area contributed by atoms with Gasteiger partial charge in [0, 0.05) is 11.4 Å². The summed E-state index contributed by atoms with van der Waals surface area (Å²) in [6, 6.07) is 11.0. The number of rotatable bonds is 5. The second-order valence-corrected chi connectivity index (χ2v) is 6.74. The fourth-order valence-corrected chi connectivity index (χ4v) is 3.18. The van der Waals surface area contributed by atoms with E-state index in [-0.39, 0.29) is 5.91 Å². The van der Waals surface area contributed by atoms with Crippen molar-refractivity contribution >= 4 is 34.8 Å². The number of aryl methyl sites for hydroxylation is 1. The van der Waals surface area contributed by atoms with E-state index in [9.17, 15) is 4.79 Å². The first-order valence-corrected chi connectivity index (χ1v) is 8.92. The van der Waals surface area contributed by atoms with Gasteiger partial charge in [-0.15, -0.1) is 0 Å². The summed E-state index contributed by atoms with van der Waals surface area (Å²) >= 11 is 11.9. The van der Waals surface area contributed by atoms with E-state index < -0.39 is 0 Å². The third-order valence-corrected chi connectivity index (χ3v) is 4.50. The molecule has 4 nitrogen and oxygen atoms in total. The highest BCUT2D eigenvalue weighted by Gasteiger charge is 2.23. The van der Waals surface area contributed by atoms with Gasteiger partial charge in [-0.05, 0) is 49.2 Å². The highest BCUT2D eigenvalue weighted by molar-refractivity contribution is 6.35. The minimum absolute atomic E-state index is 0.0703. The first-order valence-electron chi connectivity index (χ1n) is 8.16. The molecule has 1 heterocycles. The highest BCUT2D eigenvalue weighted by atomic mass is 35.5. The zero-order valence-electron chi connectivity index (χ0n) is 13.9. The smallest absolute Gasteiger partial charge is 0.227 e. The second-order valence-electron chi connectivity index (χ2n) is 5.89. The normalized spacial score (nSPS) is 13.2. The summed E-state index contributed by atoms with van der Waals surface area (Å²) < 4.78 is 11.3. The molecule has 0 fully saturated rings. The SMILES string of the molecule is Cc1ccc2c(c1)N(C(=O)CCCOc1ccc(Cl)cc1Cl)CCO2. The van der Waals surface area contributed by atoms with Crippen molar-refractivity contribution in [3.8, 4) is 11.5 Å². The molecule has 0 unspecified atom stereocenters. The number of benzene rings is 2. The fourth-order valence-electron chi connectivity index (χ4n) is 2.72. The van der Waals surface area contributed by atoms with Crippen molar-refractivity contribution in [1.29, 1.82) is 0 Å². The average Bonchev–Trinajstić information content (AvgIpc) is 2.59. The number of nitrogens with zero attached hydrogens (tertiary/aromatic N) is 1. The third kappa shape index (κ3) is 4.39. The lowest BCUT2D eigenvalue weighted by Gasteiger charge is -2.30. The van der Waals surface area contributed by atoms with E-state index in [1.54, 1.807) is 23.1 Å². The molecule has 132 valence electrons. The monoisotopic (exact) mass is 379 g/mol. The van der Waals surface area contributed by atoms with Gasteiger partial charge in [0.15, 0.2) is 0 Å². The number of hydrogen-bond acceptors (Lipinski definition) is 3. The van der Waals surface area contributed by atoms with Crippen LogP contribution in [-0.4, -0.2) is 25.7 Å². The number of amides is 1. The molecule has 0 spiro atoms. The number of fused-ring (bicyclic) bond motifs is 1. The minimum atomic E-state index is 0.0703. The summed E-state index contributed by atoms with van der Waals surface area (Å²) in [5.41, 5.74) is 1.95. The molecule has 0 bridgehead atoms. The van der Waals surface area contributed by atoms with Crippen LogP contribution in [0.1, 0.15) is 18.4 Å². The van der Waals surface area contributed by atoms with Crippen molar-refractivity contribution in [2.75, 3.05) is 24.7 Å². The summed E-state index contributed by atoms with van der Waals surface area (Å²) in [6.45, 7) is 3.50. The van der Waals surface area contributed by atoms with E-state index in [4.69, 9.17) is 32.7 Å². The lowest BCUT2D eigenvalue weighted by molar-refractivity contribution is -0.119. The Kier molecular flexibility index (Phi) is 5.71. The molecule has 0 atom stereocenters. The van der Waals surface area contributed by atoms with Crippen molar-refractivity contribution in [3.05, 3.63) is 52.0 Å². The summed E-state index contributed by atoms with van der Waals surface area (Å²) in [5, 5.41) is 1.03. The van der Waals surface area contributed by atoms with Crippen molar-refractivity contribution in [1.82, 2.24) is 0 Å². The van der Waals surface area contributed by atoms with Crippen molar-refractivity contribution < 1.29 is 14.3 Å². The van der Waals surface area contributed by atoms with E-state index in [1.807, 2.05) is 25.1 Å². The van der Waals surface area contributed by atoms with E-state index in [1.165, 1.54) is 0 Å². The minimum Gasteiger partial charge on any atom is -0.492 e. The second kappa shape index (κ2) is 7.98. The largest absolute Gasteiger partial charge is 0.492 e. The predicted octanol–water partition coefficient (Wildman–Crippen LogP) is 4.89. The number of carbonyl (C=O) groups excluding carboxylic acids is 1. The van der Waals surface area contributed by atoms with Gasteiger partial charge in [-0.1, -0.05) is 29.3 Å². The van der Waals surface area contributed by atoms with Gasteiger partial charge in [0.05, 0.1) is 23.9 Å². The molecule has 0 aliphatic carbocycles. The van der Waals surface area contributed by atoms with Crippen LogP contribution in [0.2, 0.25) is 10.0 Å². The van der Waals surface area contributed by atoms with Gasteiger partial charge in [0.1, 0.15) is 18.1 Å². The number of hydrogen-bond donors (Lipinski definition) is 0. The summed E-state index contributed by atoms with van der Waals surface area (Å²) in [5.74, 6) is 1.40. The van der Waals surface area contributed by atoms with Crippen LogP contribution in [0, 0.1) is 6.92 Å². The number of carbonyl (C=O) groups is 1. The maximum atomic E-state index is 12.6. The van der Waals surface area contributed by atoms with Crippen molar-refractivity contribution in [2.24, 2.45) is 0 Å². The van der Waals surface area contributed by atoms with Crippen molar-refractivity contribution in [3.63, 3.8) is 0 Å². The maximum absolute atomic E-state index is 12.6. The molecule has 6 heteroatoms. The fraction of sp³-hybridized carbons (Fsp3) is 0.316. The molecule has 3 rings (SSSR count). The molecular weight excluding hydrogens is 361 g/mol. The van der Waals surface area contributed by atoms with Crippen LogP contribution in [0.15, 0.2) is 36.4 Å². The standard InChI is InChI=1S/C19H19Cl2NO3/c1-13-4-6-18-16(11-13)22(8-10-25-18)19(23)3-2-9-24-17-7-5-14(20)12-15(17)21/h4-7,11-12H,2-3,8-10H2,1H3. The molecule has 2 aromatic rings. The Morgan fingerprint density at radius 1 is 1.24 bits per heavy atom. The van der Waals surface area contributed by atoms with Crippen LogP contribution in [0.5, 0.6) is 11.5 Å². The molecule has 1 aliphatic heterocycles. The number of anilines is 1. The van der Waals surface area contributed by atoms with E-state index in [0.29, 0.717) is 48.4 Å². The first-order chi connectivity index (χ1) is 12.0. The van der Waals surface area contributed by atoms with Crippen molar-refractivity contribution in [2.45, 2.75) is 19.8 Å². The van der Waals surface area contributed by atoms with E-state index in [0.717, 1.165) is 17.0 Å². The predicted molar refractivity (Wildman–Crippen MR) is 100 cm³/mol. The Balaban J connectivity index is 1.54. The van der Waals surface area contributed by atoms with Crippen LogP contribution < -0.4 is 14.4 Å². The van der Waals surface area contributed by atoms with Gasteiger partial charge in [0.2, 0.25) is 5.91 Å². The lowest BCUT2D eigenvalue weighted by Crippen LogP contribution is -2.38. The average molecular weight is 380 g/mol. The zero-order chi connectivity index (χ0) is 17.8. The molecule has 0 N–H and O–H groups in total. The molecule has 0 aromatic heterocycles. The van der Waals surface area contributed by atoms with Gasteiger partial charge >= 0.3 is 0 Å². The van der Waals surface area contributed by atoms with Gasteiger partial charge < -0.3 is 14.4 Å².